The van der Waals surface area contributed by atoms with Gasteiger partial charge in [-0.2, -0.15) is 5.10 Å². The molecule has 0 radical (unpaired) electrons. The molecule has 1 saturated carbocycles. The maximum Gasteiger partial charge on any atom is 0.137 e. The van der Waals surface area contributed by atoms with Gasteiger partial charge < -0.3 is 10.3 Å². The normalized spacial score (nSPS) is 20.1. The highest BCUT2D eigenvalue weighted by molar-refractivity contribution is 5.98. The summed E-state index contributed by atoms with van der Waals surface area (Å²) >= 11 is 0. The van der Waals surface area contributed by atoms with Crippen LogP contribution in [0.3, 0.4) is 0 Å². The van der Waals surface area contributed by atoms with Crippen LogP contribution in [0.25, 0.3) is 16.7 Å². The van der Waals surface area contributed by atoms with E-state index in [0.717, 1.165) is 70.5 Å². The van der Waals surface area contributed by atoms with Gasteiger partial charge in [-0.25, -0.2) is 4.98 Å². The minimum Gasteiger partial charge on any atom is -0.361 e. The fourth-order valence-corrected chi connectivity index (χ4v) is 3.90. The molecule has 6 nitrogen and oxygen atoms in total. The number of aliphatic imine (C=N–C) groups is 1. The smallest absolute Gasteiger partial charge is 0.137 e. The molecule has 0 unspecified atom stereocenters. The van der Waals surface area contributed by atoms with Crippen molar-refractivity contribution in [3.05, 3.63) is 60.2 Å². The number of hydrazone groups is 1. The van der Waals surface area contributed by atoms with Crippen molar-refractivity contribution in [1.82, 2.24) is 20.7 Å². The fourth-order valence-electron chi connectivity index (χ4n) is 3.90. The van der Waals surface area contributed by atoms with Crippen LogP contribution in [0.1, 0.15) is 50.7 Å². The van der Waals surface area contributed by atoms with Crippen LogP contribution in [-0.4, -0.2) is 28.4 Å². The first-order valence-corrected chi connectivity index (χ1v) is 10.4. The summed E-state index contributed by atoms with van der Waals surface area (Å²) in [5.74, 6) is 0.395. The summed E-state index contributed by atoms with van der Waals surface area (Å²) < 4.78 is 0. The summed E-state index contributed by atoms with van der Waals surface area (Å²) in [5, 5.41) is 8.14. The summed E-state index contributed by atoms with van der Waals surface area (Å²) in [6, 6.07) is 2.43. The zero-order valence-electron chi connectivity index (χ0n) is 18.3. The lowest BCUT2D eigenvalue weighted by molar-refractivity contribution is 0.350. The Morgan fingerprint density at radius 1 is 1.30 bits per heavy atom. The Hall–Kier alpha value is -3.15. The number of hydrogen-bond donors (Lipinski definition) is 3. The van der Waals surface area contributed by atoms with Gasteiger partial charge in [-0.1, -0.05) is 19.6 Å². The van der Waals surface area contributed by atoms with Crippen LogP contribution >= 0.6 is 0 Å². The number of allylic oxidation sites excluding steroid dienone is 2. The molecule has 0 aromatic carbocycles. The molecule has 2 aromatic rings. The summed E-state index contributed by atoms with van der Waals surface area (Å²) in [4.78, 5) is 12.6. The van der Waals surface area contributed by atoms with E-state index < -0.39 is 0 Å². The molecule has 0 aliphatic heterocycles. The molecule has 30 heavy (non-hydrogen) atoms. The van der Waals surface area contributed by atoms with Crippen molar-refractivity contribution >= 4 is 29.2 Å². The predicted octanol–water partition coefficient (Wildman–Crippen LogP) is 5.07. The van der Waals surface area contributed by atoms with E-state index in [1.807, 2.05) is 25.5 Å². The lowest BCUT2D eigenvalue weighted by Crippen LogP contribution is -2.24. The van der Waals surface area contributed by atoms with Gasteiger partial charge in [0.25, 0.3) is 0 Å². The summed E-state index contributed by atoms with van der Waals surface area (Å²) in [5.41, 5.74) is 9.83. The number of H-pyrrole nitrogens is 1. The SMILES string of the molecule is C=NNC(=C)[C@@H]1CCC[C@H](N=C(C)C(C)=CNC(=C)c2c[nH]c3ncc(C)cc23)C1. The first-order valence-electron chi connectivity index (χ1n) is 10.4. The molecule has 1 aliphatic carbocycles. The zero-order chi connectivity index (χ0) is 21.7. The molecule has 1 fully saturated rings. The molecule has 0 bridgehead atoms. The molecule has 3 N–H and O–H groups in total. The van der Waals surface area contributed by atoms with Crippen LogP contribution in [0.4, 0.5) is 0 Å². The molecule has 2 atom stereocenters. The lowest BCUT2D eigenvalue weighted by atomic mass is 9.84. The third-order valence-corrected chi connectivity index (χ3v) is 5.76. The summed E-state index contributed by atoms with van der Waals surface area (Å²) in [6.45, 7) is 17.9. The number of nitrogens with one attached hydrogen (secondary N) is 3. The minimum absolute atomic E-state index is 0.307. The Balaban J connectivity index is 1.65. The van der Waals surface area contributed by atoms with Gasteiger partial charge in [-0.05, 0) is 57.2 Å². The van der Waals surface area contributed by atoms with Crippen LogP contribution in [0.5, 0.6) is 0 Å². The molecule has 6 heteroatoms. The molecule has 158 valence electrons. The van der Waals surface area contributed by atoms with E-state index in [9.17, 15) is 0 Å². The van der Waals surface area contributed by atoms with Crippen molar-refractivity contribution in [3.63, 3.8) is 0 Å². The predicted molar refractivity (Wildman–Crippen MR) is 127 cm³/mol. The Kier molecular flexibility index (Phi) is 6.87. The van der Waals surface area contributed by atoms with Crippen molar-refractivity contribution in [1.29, 1.82) is 0 Å². The van der Waals surface area contributed by atoms with Crippen molar-refractivity contribution in [2.24, 2.45) is 16.0 Å². The average Bonchev–Trinajstić information content (AvgIpc) is 3.15. The Bertz CT molecular complexity index is 1010. The number of hydrogen-bond acceptors (Lipinski definition) is 5. The van der Waals surface area contributed by atoms with Gasteiger partial charge in [0.05, 0.1) is 6.04 Å². The standard InChI is InChI=1S/C24H32N6/c1-15-10-22-23(14-28-24(22)27-12-15)19(5)26-13-16(2)17(3)29-21-9-7-8-20(11-21)18(4)30-25-6/h10,12-14,20-21,26,30H,4-9,11H2,1-3H3,(H,27,28)/t20-,21+/m1/s1. The first kappa shape index (κ1) is 21.6. The second kappa shape index (κ2) is 9.57. The van der Waals surface area contributed by atoms with Gasteiger partial charge >= 0.3 is 0 Å². The average molecular weight is 405 g/mol. The van der Waals surface area contributed by atoms with Crippen molar-refractivity contribution in [3.8, 4) is 0 Å². The molecule has 2 heterocycles. The lowest BCUT2D eigenvalue weighted by Gasteiger charge is -2.28. The van der Waals surface area contributed by atoms with E-state index in [1.165, 1.54) is 0 Å². The largest absolute Gasteiger partial charge is 0.361 e. The quantitative estimate of drug-likeness (QED) is 0.424. The van der Waals surface area contributed by atoms with E-state index in [1.54, 1.807) is 0 Å². The first-order chi connectivity index (χ1) is 14.4. The third-order valence-electron chi connectivity index (χ3n) is 5.76. The number of fused-ring (bicyclic) bond motifs is 1. The summed E-state index contributed by atoms with van der Waals surface area (Å²) in [6.07, 6.45) is 10.2. The molecule has 2 aromatic heterocycles. The highest BCUT2D eigenvalue weighted by atomic mass is 15.3. The fraction of sp³-hybridized carbons (Fsp3) is 0.375. The number of pyridine rings is 1. The molecule has 0 spiro atoms. The van der Waals surface area contributed by atoms with Gasteiger partial charge in [0.15, 0.2) is 0 Å². The molecule has 0 amide bonds. The van der Waals surface area contributed by atoms with Crippen LogP contribution in [0, 0.1) is 12.8 Å². The van der Waals surface area contributed by atoms with E-state index in [4.69, 9.17) is 4.99 Å². The third kappa shape index (κ3) is 5.06. The zero-order valence-corrected chi connectivity index (χ0v) is 18.3. The van der Waals surface area contributed by atoms with Crippen molar-refractivity contribution in [2.75, 3.05) is 0 Å². The van der Waals surface area contributed by atoms with Gasteiger partial charge in [0.1, 0.15) is 5.65 Å². The van der Waals surface area contributed by atoms with E-state index in [2.05, 4.69) is 65.6 Å². The Labute approximate surface area is 179 Å². The number of aromatic nitrogens is 2. The van der Waals surface area contributed by atoms with Crippen LogP contribution in [0.2, 0.25) is 0 Å². The van der Waals surface area contributed by atoms with E-state index in [-0.39, 0.29) is 0 Å². The second-order valence-corrected chi connectivity index (χ2v) is 8.09. The van der Waals surface area contributed by atoms with Gasteiger partial charge in [-0.15, -0.1) is 0 Å². The van der Waals surface area contributed by atoms with Crippen LogP contribution in [0.15, 0.2) is 59.2 Å². The number of aromatic amines is 1. The van der Waals surface area contributed by atoms with Gasteiger partial charge in [-0.3, -0.25) is 10.4 Å². The van der Waals surface area contributed by atoms with Gasteiger partial charge in [0, 0.05) is 59.3 Å². The van der Waals surface area contributed by atoms with Crippen molar-refractivity contribution in [2.45, 2.75) is 52.5 Å². The monoisotopic (exact) mass is 404 g/mol. The minimum atomic E-state index is 0.307. The molecule has 1 aliphatic rings. The van der Waals surface area contributed by atoms with Crippen LogP contribution in [-0.2, 0) is 0 Å². The Morgan fingerprint density at radius 3 is 2.87 bits per heavy atom. The second-order valence-electron chi connectivity index (χ2n) is 8.09. The summed E-state index contributed by atoms with van der Waals surface area (Å²) in [7, 11) is 0. The van der Waals surface area contributed by atoms with Crippen LogP contribution < -0.4 is 10.7 Å². The molecule has 3 rings (SSSR count). The molecule has 0 saturated heterocycles. The molecular formula is C24H32N6. The number of nitrogens with zero attached hydrogens (tertiary/aromatic N) is 3. The maximum atomic E-state index is 4.98. The maximum absolute atomic E-state index is 4.98. The van der Waals surface area contributed by atoms with Gasteiger partial charge in [0.2, 0.25) is 0 Å². The van der Waals surface area contributed by atoms with Crippen molar-refractivity contribution < 1.29 is 0 Å². The van der Waals surface area contributed by atoms with E-state index >= 15 is 0 Å². The Morgan fingerprint density at radius 2 is 2.10 bits per heavy atom. The highest BCUT2D eigenvalue weighted by Crippen LogP contribution is 2.30. The van der Waals surface area contributed by atoms with E-state index in [0.29, 0.717) is 12.0 Å². The number of aryl methyl sites for hydroxylation is 1. The number of rotatable bonds is 8. The highest BCUT2D eigenvalue weighted by Gasteiger charge is 2.23. The molecular weight excluding hydrogens is 372 g/mol. The topological polar surface area (TPSA) is 77.5 Å².